The molecule has 1 aliphatic rings. The molecule has 1 aliphatic heterocycles. The van der Waals surface area contributed by atoms with E-state index in [0.29, 0.717) is 43.5 Å². The van der Waals surface area contributed by atoms with Crippen LogP contribution in [0.1, 0.15) is 15.9 Å². The van der Waals surface area contributed by atoms with Gasteiger partial charge < -0.3 is 14.9 Å². The molecule has 0 aliphatic carbocycles. The number of carbonyl (C=O) groups is 1. The van der Waals surface area contributed by atoms with Gasteiger partial charge in [-0.1, -0.05) is 35.9 Å². The van der Waals surface area contributed by atoms with Crippen molar-refractivity contribution >= 4 is 17.5 Å². The summed E-state index contributed by atoms with van der Waals surface area (Å²) >= 11 is 0. The molecule has 7 heteroatoms. The fourth-order valence-electron chi connectivity index (χ4n) is 3.56. The Bertz CT molecular complexity index is 1050. The van der Waals surface area contributed by atoms with E-state index < -0.39 is 5.97 Å². The van der Waals surface area contributed by atoms with Crippen LogP contribution in [0.3, 0.4) is 0 Å². The molecule has 1 fully saturated rings. The molecule has 2 heterocycles. The Hall–Kier alpha value is -3.48. The van der Waals surface area contributed by atoms with Gasteiger partial charge in [0.15, 0.2) is 5.82 Å². The molecule has 0 bridgehead atoms. The van der Waals surface area contributed by atoms with E-state index >= 15 is 0 Å². The molecule has 4 rings (SSSR count). The monoisotopic (exact) mass is 392 g/mol. The summed E-state index contributed by atoms with van der Waals surface area (Å²) in [5.74, 6) is -0.425. The lowest BCUT2D eigenvalue weighted by atomic mass is 10.1. The van der Waals surface area contributed by atoms with Gasteiger partial charge in [-0.3, -0.25) is 0 Å². The zero-order valence-corrected chi connectivity index (χ0v) is 16.0. The van der Waals surface area contributed by atoms with E-state index in [-0.39, 0.29) is 11.4 Å². The number of nitrogens with zero attached hydrogens (tertiary/aromatic N) is 4. The van der Waals surface area contributed by atoms with Crippen LogP contribution in [0.2, 0.25) is 0 Å². The van der Waals surface area contributed by atoms with Crippen molar-refractivity contribution in [1.29, 1.82) is 0 Å². The number of aromatic carboxylic acids is 1. The fraction of sp³-hybridized carbons (Fsp3) is 0.227. The molecule has 0 atom stereocenters. The molecule has 29 heavy (non-hydrogen) atoms. The zero-order chi connectivity index (χ0) is 20.4. The van der Waals surface area contributed by atoms with Crippen molar-refractivity contribution in [2.24, 2.45) is 0 Å². The number of anilines is 2. The third kappa shape index (κ3) is 3.89. The van der Waals surface area contributed by atoms with Crippen molar-refractivity contribution in [3.63, 3.8) is 0 Å². The second-order valence-corrected chi connectivity index (χ2v) is 7.03. The van der Waals surface area contributed by atoms with Gasteiger partial charge in [0.2, 0.25) is 0 Å². The number of halogens is 1. The normalized spacial score (nSPS) is 14.1. The van der Waals surface area contributed by atoms with Crippen molar-refractivity contribution in [1.82, 2.24) is 9.97 Å². The summed E-state index contributed by atoms with van der Waals surface area (Å²) in [5.41, 5.74) is 2.55. The molecular weight excluding hydrogens is 371 g/mol. The molecule has 1 aromatic heterocycles. The molecule has 0 amide bonds. The van der Waals surface area contributed by atoms with Crippen LogP contribution in [0.15, 0.2) is 54.7 Å². The summed E-state index contributed by atoms with van der Waals surface area (Å²) in [4.78, 5) is 24.5. The Balaban J connectivity index is 1.61. The van der Waals surface area contributed by atoms with Gasteiger partial charge in [0, 0.05) is 37.9 Å². The molecule has 0 radical (unpaired) electrons. The summed E-state index contributed by atoms with van der Waals surface area (Å²) in [6, 6.07) is 14.5. The molecule has 0 spiro atoms. The highest BCUT2D eigenvalue weighted by Crippen LogP contribution is 2.26. The van der Waals surface area contributed by atoms with Crippen molar-refractivity contribution in [2.75, 3.05) is 36.0 Å². The standard InChI is InChI=1S/C22H21FN4O2/c1-15-5-4-6-16(13-15)20-24-14-17(22(28)29)21(25-20)27-11-9-26(10-12-27)19-8-3-2-7-18(19)23/h2-8,13-14H,9-12H2,1H3,(H,28,29). The predicted octanol–water partition coefficient (Wildman–Crippen LogP) is 3.62. The third-order valence-electron chi connectivity index (χ3n) is 5.05. The SMILES string of the molecule is Cc1cccc(-c2ncc(C(=O)O)c(N3CCN(c4ccccc4F)CC3)n2)c1. The highest BCUT2D eigenvalue weighted by Gasteiger charge is 2.25. The van der Waals surface area contributed by atoms with Gasteiger partial charge in [0.1, 0.15) is 17.2 Å². The summed E-state index contributed by atoms with van der Waals surface area (Å²) in [6.45, 7) is 4.21. The summed E-state index contributed by atoms with van der Waals surface area (Å²) in [5, 5.41) is 9.60. The average molecular weight is 392 g/mol. The lowest BCUT2D eigenvalue weighted by Gasteiger charge is -2.37. The van der Waals surface area contributed by atoms with Gasteiger partial charge in [0.25, 0.3) is 0 Å². The highest BCUT2D eigenvalue weighted by molar-refractivity contribution is 5.93. The lowest BCUT2D eigenvalue weighted by Crippen LogP contribution is -2.47. The Morgan fingerprint density at radius 1 is 1.03 bits per heavy atom. The van der Waals surface area contributed by atoms with Crippen molar-refractivity contribution in [2.45, 2.75) is 6.92 Å². The van der Waals surface area contributed by atoms with Crippen molar-refractivity contribution in [3.05, 3.63) is 71.7 Å². The number of carboxylic acids is 1. The minimum absolute atomic E-state index is 0.0701. The van der Waals surface area contributed by atoms with E-state index in [2.05, 4.69) is 9.97 Å². The minimum Gasteiger partial charge on any atom is -0.477 e. The van der Waals surface area contributed by atoms with E-state index in [1.54, 1.807) is 12.1 Å². The lowest BCUT2D eigenvalue weighted by molar-refractivity contribution is 0.0696. The Morgan fingerprint density at radius 2 is 1.76 bits per heavy atom. The van der Waals surface area contributed by atoms with Gasteiger partial charge in [-0.15, -0.1) is 0 Å². The summed E-state index contributed by atoms with van der Waals surface area (Å²) < 4.78 is 14.1. The van der Waals surface area contributed by atoms with Gasteiger partial charge in [-0.25, -0.2) is 19.2 Å². The van der Waals surface area contributed by atoms with Crippen molar-refractivity contribution < 1.29 is 14.3 Å². The van der Waals surface area contributed by atoms with E-state index in [4.69, 9.17) is 0 Å². The minimum atomic E-state index is -1.06. The first-order valence-electron chi connectivity index (χ1n) is 9.45. The van der Waals surface area contributed by atoms with Crippen LogP contribution in [-0.2, 0) is 0 Å². The first kappa shape index (κ1) is 18.9. The molecule has 6 nitrogen and oxygen atoms in total. The van der Waals surface area contributed by atoms with E-state index in [1.165, 1.54) is 12.3 Å². The number of benzene rings is 2. The third-order valence-corrected chi connectivity index (χ3v) is 5.05. The fourth-order valence-corrected chi connectivity index (χ4v) is 3.56. The van der Waals surface area contributed by atoms with Gasteiger partial charge in [0.05, 0.1) is 5.69 Å². The van der Waals surface area contributed by atoms with E-state index in [0.717, 1.165) is 11.1 Å². The number of para-hydroxylation sites is 1. The number of hydrogen-bond donors (Lipinski definition) is 1. The van der Waals surface area contributed by atoms with Crippen molar-refractivity contribution in [3.8, 4) is 11.4 Å². The molecule has 0 saturated carbocycles. The number of hydrogen-bond acceptors (Lipinski definition) is 5. The summed E-state index contributed by atoms with van der Waals surface area (Å²) in [7, 11) is 0. The Labute approximate surface area is 168 Å². The molecule has 2 aromatic carbocycles. The Morgan fingerprint density at radius 3 is 2.45 bits per heavy atom. The topological polar surface area (TPSA) is 69.6 Å². The van der Waals surface area contributed by atoms with Gasteiger partial charge in [-0.2, -0.15) is 0 Å². The largest absolute Gasteiger partial charge is 0.477 e. The Kier molecular flexibility index (Phi) is 5.12. The quantitative estimate of drug-likeness (QED) is 0.731. The number of rotatable bonds is 4. The van der Waals surface area contributed by atoms with Crippen LogP contribution in [0.5, 0.6) is 0 Å². The zero-order valence-electron chi connectivity index (χ0n) is 16.0. The van der Waals surface area contributed by atoms with Crippen LogP contribution < -0.4 is 9.80 Å². The van der Waals surface area contributed by atoms with Crippen LogP contribution in [0.25, 0.3) is 11.4 Å². The van der Waals surface area contributed by atoms with E-state index in [1.807, 2.05) is 47.1 Å². The molecule has 1 N–H and O–H groups in total. The average Bonchev–Trinajstić information content (AvgIpc) is 2.74. The molecule has 3 aromatic rings. The maximum Gasteiger partial charge on any atom is 0.341 e. The maximum absolute atomic E-state index is 14.1. The smallest absolute Gasteiger partial charge is 0.341 e. The van der Waals surface area contributed by atoms with Crippen LogP contribution in [0, 0.1) is 12.7 Å². The van der Waals surface area contributed by atoms with Gasteiger partial charge in [-0.05, 0) is 25.1 Å². The number of piperazine rings is 1. The number of aromatic nitrogens is 2. The number of aryl methyl sites for hydroxylation is 1. The van der Waals surface area contributed by atoms with Gasteiger partial charge >= 0.3 is 5.97 Å². The molecule has 0 unspecified atom stereocenters. The number of carboxylic acid groups (broad SMARTS) is 1. The molecule has 1 saturated heterocycles. The summed E-state index contributed by atoms with van der Waals surface area (Å²) in [6.07, 6.45) is 1.37. The molecular formula is C22H21FN4O2. The first-order valence-corrected chi connectivity index (χ1v) is 9.45. The second kappa shape index (κ2) is 7.87. The molecule has 148 valence electrons. The van der Waals surface area contributed by atoms with E-state index in [9.17, 15) is 14.3 Å². The van der Waals surface area contributed by atoms with Crippen LogP contribution >= 0.6 is 0 Å². The van der Waals surface area contributed by atoms with Crippen LogP contribution in [-0.4, -0.2) is 47.2 Å². The first-order chi connectivity index (χ1) is 14.0. The maximum atomic E-state index is 14.1. The second-order valence-electron chi connectivity index (χ2n) is 7.03. The predicted molar refractivity (Wildman–Crippen MR) is 110 cm³/mol. The van der Waals surface area contributed by atoms with Crippen LogP contribution in [0.4, 0.5) is 15.9 Å². The highest BCUT2D eigenvalue weighted by atomic mass is 19.1.